The zero-order valence-corrected chi connectivity index (χ0v) is 35.6. The van der Waals surface area contributed by atoms with Crippen molar-refractivity contribution in [1.29, 1.82) is 0 Å². The lowest BCUT2D eigenvalue weighted by Crippen LogP contribution is -2.74. The van der Waals surface area contributed by atoms with Gasteiger partial charge >= 0.3 is 0 Å². The van der Waals surface area contributed by atoms with E-state index in [9.17, 15) is 0 Å². The maximum absolute atomic E-state index is 2.92. The Balaban J connectivity index is 1.20. The number of fused-ring (bicyclic) bond motifs is 6. The van der Waals surface area contributed by atoms with E-state index in [1.165, 1.54) is 86.6 Å². The van der Waals surface area contributed by atoms with Crippen LogP contribution in [0.3, 0.4) is 0 Å². The summed E-state index contributed by atoms with van der Waals surface area (Å²) in [5, 5.41) is 10.4. The average molecular weight is 819 g/mol. The van der Waals surface area contributed by atoms with Gasteiger partial charge < -0.3 is 9.13 Å². The van der Waals surface area contributed by atoms with Crippen LogP contribution in [0.1, 0.15) is 0 Å². The van der Waals surface area contributed by atoms with Crippen molar-refractivity contribution in [3.05, 3.63) is 255 Å². The van der Waals surface area contributed by atoms with Crippen LogP contribution in [0.25, 0.3) is 77.2 Å². The summed E-state index contributed by atoms with van der Waals surface area (Å²) in [6, 6.07) is 94.4. The molecule has 0 N–H and O–H groups in total. The fourth-order valence-corrected chi connectivity index (χ4v) is 15.1. The first-order valence-electron chi connectivity index (χ1n) is 21.8. The first-order valence-corrected chi connectivity index (χ1v) is 23.8. The van der Waals surface area contributed by atoms with Gasteiger partial charge in [0, 0.05) is 32.9 Å². The van der Waals surface area contributed by atoms with Crippen molar-refractivity contribution in [3.8, 4) is 33.6 Å². The fraction of sp³-hybridized carbons (Fsp3) is 0. The molecule has 0 aliphatic rings. The molecule has 0 aliphatic heterocycles. The zero-order chi connectivity index (χ0) is 41.7. The molecular formula is C60H42N2Si. The molecule has 0 saturated carbocycles. The van der Waals surface area contributed by atoms with Crippen molar-refractivity contribution in [2.75, 3.05) is 0 Å². The van der Waals surface area contributed by atoms with Gasteiger partial charge in [-0.3, -0.25) is 0 Å². The Hall–Kier alpha value is -7.98. The molecule has 0 unspecified atom stereocenters. The number of nitrogens with zero attached hydrogens (tertiary/aromatic N) is 2. The van der Waals surface area contributed by atoms with Gasteiger partial charge in [0.05, 0.1) is 22.1 Å². The monoisotopic (exact) mass is 818 g/mol. The van der Waals surface area contributed by atoms with Crippen molar-refractivity contribution in [2.45, 2.75) is 0 Å². The highest BCUT2D eigenvalue weighted by Crippen LogP contribution is 2.41. The molecule has 2 aromatic heterocycles. The van der Waals surface area contributed by atoms with Crippen LogP contribution in [0.15, 0.2) is 255 Å². The molecule has 0 amide bonds. The second kappa shape index (κ2) is 15.2. The lowest BCUT2D eigenvalue weighted by molar-refractivity contribution is 1.16. The molecule has 0 aliphatic carbocycles. The predicted molar refractivity (Wildman–Crippen MR) is 270 cm³/mol. The molecule has 0 atom stereocenters. The molecule has 0 saturated heterocycles. The second-order valence-electron chi connectivity index (χ2n) is 16.5. The molecule has 10 aromatic carbocycles. The summed E-state index contributed by atoms with van der Waals surface area (Å²) in [7, 11) is -2.92. The Bertz CT molecular complexity index is 3500. The van der Waals surface area contributed by atoms with Gasteiger partial charge in [-0.1, -0.05) is 212 Å². The number of para-hydroxylation sites is 2. The van der Waals surface area contributed by atoms with Gasteiger partial charge in [0.2, 0.25) is 0 Å². The third kappa shape index (κ3) is 5.93. The standard InChI is InChI=1S/C60H42N2Si/c1-6-21-43(22-7-1)45-25-20-26-46(39-45)61-56-35-18-16-33-52(56)53-38-37-47(40-58(53)61)62-57-36-19-17-34-54(57)60-55(44-23-8-2-9-24-44)41-51(42-59(60)62)63(48-27-10-3-11-28-48,49-29-12-4-13-30-49)50-31-14-5-15-32-50/h1-42H. The quantitative estimate of drug-likeness (QED) is 0.107. The highest BCUT2D eigenvalue weighted by atomic mass is 28.3. The minimum Gasteiger partial charge on any atom is -0.309 e. The van der Waals surface area contributed by atoms with Crippen LogP contribution in [-0.4, -0.2) is 17.2 Å². The minimum absolute atomic E-state index is 1.12. The van der Waals surface area contributed by atoms with Crippen molar-refractivity contribution in [1.82, 2.24) is 9.13 Å². The highest BCUT2D eigenvalue weighted by molar-refractivity contribution is 7.20. The number of hydrogen-bond donors (Lipinski definition) is 0. The van der Waals surface area contributed by atoms with Gasteiger partial charge in [0.15, 0.2) is 8.07 Å². The van der Waals surface area contributed by atoms with E-state index in [0.717, 1.165) is 11.4 Å². The normalized spacial score (nSPS) is 11.8. The molecule has 12 rings (SSSR count). The van der Waals surface area contributed by atoms with Gasteiger partial charge in [-0.05, 0) is 85.5 Å². The number of benzene rings is 10. The van der Waals surface area contributed by atoms with E-state index in [2.05, 4.69) is 264 Å². The van der Waals surface area contributed by atoms with E-state index in [-0.39, 0.29) is 0 Å². The zero-order valence-electron chi connectivity index (χ0n) is 34.6. The third-order valence-electron chi connectivity index (χ3n) is 13.0. The second-order valence-corrected chi connectivity index (χ2v) is 20.3. The van der Waals surface area contributed by atoms with Crippen LogP contribution in [0.5, 0.6) is 0 Å². The van der Waals surface area contributed by atoms with Crippen molar-refractivity contribution in [3.63, 3.8) is 0 Å². The molecule has 2 nitrogen and oxygen atoms in total. The molecule has 0 bridgehead atoms. The van der Waals surface area contributed by atoms with E-state index in [1.54, 1.807) is 0 Å². The van der Waals surface area contributed by atoms with Crippen LogP contribution >= 0.6 is 0 Å². The summed E-state index contributed by atoms with van der Waals surface area (Å²) in [4.78, 5) is 0. The van der Waals surface area contributed by atoms with Crippen molar-refractivity contribution >= 4 is 72.4 Å². The Morgan fingerprint density at radius 1 is 0.254 bits per heavy atom. The maximum atomic E-state index is 2.55. The van der Waals surface area contributed by atoms with Crippen LogP contribution in [0, 0.1) is 0 Å². The molecule has 0 fully saturated rings. The van der Waals surface area contributed by atoms with Gasteiger partial charge in [-0.25, -0.2) is 0 Å². The summed E-state index contributed by atoms with van der Waals surface area (Å²) in [6.45, 7) is 0. The molecule has 0 spiro atoms. The topological polar surface area (TPSA) is 9.86 Å². The van der Waals surface area contributed by atoms with Gasteiger partial charge in [0.1, 0.15) is 0 Å². The van der Waals surface area contributed by atoms with Gasteiger partial charge in [-0.15, -0.1) is 0 Å². The first kappa shape index (κ1) is 36.8. The number of rotatable bonds is 8. The molecule has 3 heteroatoms. The minimum atomic E-state index is -2.92. The molecule has 12 aromatic rings. The first-order chi connectivity index (χ1) is 31.3. The lowest BCUT2D eigenvalue weighted by Gasteiger charge is -2.35. The van der Waals surface area contributed by atoms with E-state index in [4.69, 9.17) is 0 Å². The van der Waals surface area contributed by atoms with E-state index < -0.39 is 8.07 Å². The average Bonchev–Trinajstić information content (AvgIpc) is 3.88. The summed E-state index contributed by atoms with van der Waals surface area (Å²) in [5.74, 6) is 0. The Labute approximate surface area is 368 Å². The SMILES string of the molecule is c1ccc(-c2cccc(-n3c4ccccc4c4ccc(-n5c6ccccc6c6c(-c7ccccc7)cc([Si](c7ccccc7)(c7ccccc7)c7ccccc7)cc65)cc43)c2)cc1. The smallest absolute Gasteiger partial charge is 0.179 e. The fourth-order valence-electron chi connectivity index (χ4n) is 10.3. The van der Waals surface area contributed by atoms with E-state index in [1.807, 2.05) is 0 Å². The maximum Gasteiger partial charge on any atom is 0.179 e. The molecule has 2 heterocycles. The number of aromatic nitrogens is 2. The number of hydrogen-bond acceptors (Lipinski definition) is 0. The Morgan fingerprint density at radius 3 is 1.33 bits per heavy atom. The predicted octanol–water partition coefficient (Wildman–Crippen LogP) is 12.6. The van der Waals surface area contributed by atoms with Crippen LogP contribution in [-0.2, 0) is 0 Å². The van der Waals surface area contributed by atoms with Crippen molar-refractivity contribution < 1.29 is 0 Å². The Kier molecular flexibility index (Phi) is 8.87. The molecule has 0 radical (unpaired) electrons. The molecular weight excluding hydrogens is 777 g/mol. The molecule has 296 valence electrons. The summed E-state index contributed by atoms with van der Waals surface area (Å²) >= 11 is 0. The van der Waals surface area contributed by atoms with Gasteiger partial charge in [-0.2, -0.15) is 0 Å². The highest BCUT2D eigenvalue weighted by Gasteiger charge is 2.42. The van der Waals surface area contributed by atoms with Crippen LogP contribution < -0.4 is 20.7 Å². The van der Waals surface area contributed by atoms with Crippen LogP contribution in [0.4, 0.5) is 0 Å². The van der Waals surface area contributed by atoms with Crippen LogP contribution in [0.2, 0.25) is 0 Å². The third-order valence-corrected chi connectivity index (χ3v) is 17.8. The summed E-state index contributed by atoms with van der Waals surface area (Å²) < 4.78 is 4.98. The van der Waals surface area contributed by atoms with E-state index in [0.29, 0.717) is 0 Å². The summed E-state index contributed by atoms with van der Waals surface area (Å²) in [6.07, 6.45) is 0. The lowest BCUT2D eigenvalue weighted by atomic mass is 9.99. The summed E-state index contributed by atoms with van der Waals surface area (Å²) in [5.41, 5.74) is 11.9. The largest absolute Gasteiger partial charge is 0.309 e. The van der Waals surface area contributed by atoms with Crippen molar-refractivity contribution in [2.24, 2.45) is 0 Å². The van der Waals surface area contributed by atoms with E-state index >= 15 is 0 Å². The Morgan fingerprint density at radius 2 is 0.714 bits per heavy atom. The molecule has 63 heavy (non-hydrogen) atoms. The van der Waals surface area contributed by atoms with Gasteiger partial charge in [0.25, 0.3) is 0 Å².